The van der Waals surface area contributed by atoms with Gasteiger partial charge in [0, 0.05) is 45.2 Å². The van der Waals surface area contributed by atoms with E-state index >= 15 is 0 Å². The summed E-state index contributed by atoms with van der Waals surface area (Å²) in [4.78, 5) is 14.8. The Morgan fingerprint density at radius 2 is 2.07 bits per heavy atom. The van der Waals surface area contributed by atoms with Crippen LogP contribution in [-0.2, 0) is 9.47 Å². The van der Waals surface area contributed by atoms with Gasteiger partial charge in [-0.3, -0.25) is 16.1 Å². The minimum Gasteiger partial charge on any atom is -0.381 e. The summed E-state index contributed by atoms with van der Waals surface area (Å²) in [6.45, 7) is 8.84. The van der Waals surface area contributed by atoms with Crippen LogP contribution in [-0.4, -0.2) is 74.4 Å². The highest BCUT2D eigenvalue weighted by molar-refractivity contribution is 5.76. The molecule has 29 heavy (non-hydrogen) atoms. The summed E-state index contributed by atoms with van der Waals surface area (Å²) in [7, 11) is 0. The predicted molar refractivity (Wildman–Crippen MR) is 110 cm³/mol. The third-order valence-corrected chi connectivity index (χ3v) is 6.60. The molecule has 0 spiro atoms. The maximum Gasteiger partial charge on any atom is 0.332 e. The summed E-state index contributed by atoms with van der Waals surface area (Å²) in [6.07, 6.45) is 6.38. The van der Waals surface area contributed by atoms with Gasteiger partial charge in [-0.15, -0.1) is 0 Å². The molecule has 4 aliphatic heterocycles. The van der Waals surface area contributed by atoms with Gasteiger partial charge in [0.2, 0.25) is 0 Å². The molecule has 0 saturated carbocycles. The quantitative estimate of drug-likeness (QED) is 0.415. The van der Waals surface area contributed by atoms with Gasteiger partial charge in [0.15, 0.2) is 0 Å². The van der Waals surface area contributed by atoms with Crippen molar-refractivity contribution in [3.8, 4) is 0 Å². The molecule has 0 radical (unpaired) electrons. The number of urea groups is 1. The summed E-state index contributed by atoms with van der Waals surface area (Å²) < 4.78 is 10.9. The highest BCUT2D eigenvalue weighted by Crippen LogP contribution is 2.35. The summed E-state index contributed by atoms with van der Waals surface area (Å²) in [5.74, 6) is 0.462. The highest BCUT2D eigenvalue weighted by atomic mass is 16.5. The van der Waals surface area contributed by atoms with Gasteiger partial charge < -0.3 is 19.7 Å². The fourth-order valence-electron chi connectivity index (χ4n) is 4.77. The molecule has 3 unspecified atom stereocenters. The van der Waals surface area contributed by atoms with Crippen molar-refractivity contribution in [2.45, 2.75) is 63.4 Å². The van der Waals surface area contributed by atoms with Crippen LogP contribution < -0.4 is 26.8 Å². The summed E-state index contributed by atoms with van der Waals surface area (Å²) in [6, 6.07) is 0.504. The summed E-state index contributed by atoms with van der Waals surface area (Å²) in [5.41, 5.74) is 6.86. The molecule has 4 heterocycles. The minimum atomic E-state index is -0.353. The van der Waals surface area contributed by atoms with Crippen molar-refractivity contribution < 1.29 is 14.3 Å². The monoisotopic (exact) mass is 408 g/mol. The number of hydrogen-bond acceptors (Lipinski definition) is 7. The molecule has 3 fully saturated rings. The highest BCUT2D eigenvalue weighted by Gasteiger charge is 2.47. The van der Waals surface area contributed by atoms with E-state index in [-0.39, 0.29) is 23.9 Å². The maximum absolute atomic E-state index is 12.9. The number of nitrogens with one attached hydrogen (secondary N) is 5. The van der Waals surface area contributed by atoms with Crippen molar-refractivity contribution >= 4 is 6.03 Å². The van der Waals surface area contributed by atoms with Crippen LogP contribution in [0, 0.1) is 5.92 Å². The lowest BCUT2D eigenvalue weighted by Crippen LogP contribution is -2.61. The first kappa shape index (κ1) is 20.9. The van der Waals surface area contributed by atoms with Gasteiger partial charge in [-0.25, -0.2) is 10.2 Å². The second kappa shape index (κ2) is 9.18. The van der Waals surface area contributed by atoms with Crippen LogP contribution >= 0.6 is 0 Å². The number of carbonyl (C=O) groups excluding carboxylic acids is 1. The third kappa shape index (κ3) is 4.86. The van der Waals surface area contributed by atoms with Gasteiger partial charge >= 0.3 is 6.03 Å². The normalized spacial score (nSPS) is 32.3. The van der Waals surface area contributed by atoms with Gasteiger partial charge in [-0.1, -0.05) is 0 Å². The molecular weight excluding hydrogens is 372 g/mol. The van der Waals surface area contributed by atoms with E-state index in [1.54, 1.807) is 0 Å². The van der Waals surface area contributed by atoms with Crippen LogP contribution in [0.1, 0.15) is 39.5 Å². The van der Waals surface area contributed by atoms with Crippen molar-refractivity contribution in [3.05, 3.63) is 11.8 Å². The number of ether oxygens (including phenoxy) is 2. The average molecular weight is 409 g/mol. The Balaban J connectivity index is 1.28. The fourth-order valence-corrected chi connectivity index (χ4v) is 4.77. The molecule has 0 bridgehead atoms. The van der Waals surface area contributed by atoms with E-state index < -0.39 is 0 Å². The van der Waals surface area contributed by atoms with Crippen molar-refractivity contribution in [1.29, 1.82) is 0 Å². The number of amides is 2. The van der Waals surface area contributed by atoms with Crippen molar-refractivity contribution in [2.24, 2.45) is 5.92 Å². The third-order valence-electron chi connectivity index (χ3n) is 6.60. The van der Waals surface area contributed by atoms with Crippen LogP contribution in [0.3, 0.4) is 0 Å². The molecule has 4 rings (SSSR count). The zero-order valence-electron chi connectivity index (χ0n) is 17.6. The first-order chi connectivity index (χ1) is 14.0. The average Bonchev–Trinajstić information content (AvgIpc) is 3.00. The van der Waals surface area contributed by atoms with Crippen molar-refractivity contribution in [3.63, 3.8) is 0 Å². The van der Waals surface area contributed by atoms with E-state index in [1.807, 2.05) is 4.90 Å². The molecule has 2 amide bonds. The Labute approximate surface area is 173 Å². The molecule has 164 valence electrons. The van der Waals surface area contributed by atoms with Crippen molar-refractivity contribution in [2.75, 3.05) is 39.5 Å². The molecule has 4 aliphatic rings. The molecular formula is C20H36N6O3. The second-order valence-corrected chi connectivity index (χ2v) is 9.04. The number of carbonyl (C=O) groups is 1. The zero-order valence-corrected chi connectivity index (χ0v) is 17.6. The standard InChI is InChI=1S/C20H36N6O3/c1-20(2)16-11-21-18(23-15-5-8-28-9-6-15)24-17(16)12-26(20)19(27)25-22-10-14-4-3-7-29-13-14/h11,14-15,17-18,21-24H,3-10,12-13H2,1-2H3,(H,25,27). The Morgan fingerprint density at radius 1 is 1.24 bits per heavy atom. The predicted octanol–water partition coefficient (Wildman–Crippen LogP) is 0.219. The van der Waals surface area contributed by atoms with Crippen LogP contribution in [0.25, 0.3) is 0 Å². The largest absolute Gasteiger partial charge is 0.381 e. The maximum atomic E-state index is 12.9. The topological polar surface area (TPSA) is 98.9 Å². The molecule has 0 aromatic rings. The summed E-state index contributed by atoms with van der Waals surface area (Å²) in [5, 5.41) is 10.7. The van der Waals surface area contributed by atoms with Gasteiger partial charge in [-0.05, 0) is 51.0 Å². The number of hydrazine groups is 1. The molecule has 0 aromatic carbocycles. The van der Waals surface area contributed by atoms with Gasteiger partial charge in [0.1, 0.15) is 6.29 Å². The molecule has 3 saturated heterocycles. The number of likely N-dealkylation sites (tertiary alicyclic amines) is 1. The molecule has 5 N–H and O–H groups in total. The number of nitrogens with zero attached hydrogens (tertiary/aromatic N) is 1. The zero-order chi connectivity index (χ0) is 20.3. The van der Waals surface area contributed by atoms with E-state index in [4.69, 9.17) is 9.47 Å². The Hall–Kier alpha value is -1.39. The second-order valence-electron chi connectivity index (χ2n) is 9.04. The van der Waals surface area contributed by atoms with E-state index in [0.29, 0.717) is 18.5 Å². The molecule has 9 heteroatoms. The lowest BCUT2D eigenvalue weighted by Gasteiger charge is -2.36. The number of fused-ring (bicyclic) bond motifs is 1. The molecule has 0 aliphatic carbocycles. The van der Waals surface area contributed by atoms with Crippen LogP contribution in [0.15, 0.2) is 11.8 Å². The van der Waals surface area contributed by atoms with Crippen LogP contribution in [0.5, 0.6) is 0 Å². The minimum absolute atomic E-state index is 0.00934. The Morgan fingerprint density at radius 3 is 2.83 bits per heavy atom. The Kier molecular flexibility index (Phi) is 6.60. The van der Waals surface area contributed by atoms with Gasteiger partial charge in [0.05, 0.1) is 18.2 Å². The lowest BCUT2D eigenvalue weighted by atomic mass is 9.92. The van der Waals surface area contributed by atoms with E-state index in [9.17, 15) is 4.79 Å². The van der Waals surface area contributed by atoms with Gasteiger partial charge in [0.25, 0.3) is 0 Å². The number of rotatable bonds is 5. The van der Waals surface area contributed by atoms with Crippen LogP contribution in [0.4, 0.5) is 4.79 Å². The molecule has 0 aromatic heterocycles. The first-order valence-electron chi connectivity index (χ1n) is 11.0. The SMILES string of the molecule is CC1(C)C2=CNC(NC3CCOCC3)NC2CN1C(=O)NNCC1CCCOC1. The number of hydrogen-bond donors (Lipinski definition) is 5. The van der Waals surface area contributed by atoms with Crippen LogP contribution in [0.2, 0.25) is 0 Å². The molecule has 9 nitrogen and oxygen atoms in total. The molecule has 3 atom stereocenters. The van der Waals surface area contributed by atoms with E-state index in [1.165, 1.54) is 5.57 Å². The fraction of sp³-hybridized carbons (Fsp3) is 0.850. The lowest BCUT2D eigenvalue weighted by molar-refractivity contribution is 0.0535. The van der Waals surface area contributed by atoms with E-state index in [2.05, 4.69) is 46.8 Å². The van der Waals surface area contributed by atoms with Crippen molar-refractivity contribution in [1.82, 2.24) is 31.7 Å². The summed E-state index contributed by atoms with van der Waals surface area (Å²) >= 11 is 0. The first-order valence-corrected chi connectivity index (χ1v) is 11.0. The Bertz CT molecular complexity index is 601. The van der Waals surface area contributed by atoms with Gasteiger partial charge in [-0.2, -0.15) is 0 Å². The smallest absolute Gasteiger partial charge is 0.332 e. The van der Waals surface area contributed by atoms with E-state index in [0.717, 1.165) is 58.7 Å².